The van der Waals surface area contributed by atoms with Crippen LogP contribution in [-0.2, 0) is 19.4 Å². The molecule has 0 saturated carbocycles. The molecule has 0 bridgehead atoms. The summed E-state index contributed by atoms with van der Waals surface area (Å²) in [5.41, 5.74) is 3.86. The van der Waals surface area contributed by atoms with Gasteiger partial charge < -0.3 is 5.11 Å². The number of hydrogen-bond acceptors (Lipinski definition) is 2. The van der Waals surface area contributed by atoms with Crippen molar-refractivity contribution in [2.24, 2.45) is 0 Å². The number of aromatic hydroxyl groups is 1. The standard InChI is InChI=1S/C20H25NO.BrH/c1-2-13-21(15-16-7-4-3-5-8-16)18-12-11-17-9-6-10-20(22)19(17)14-18;/h3-10,18,22H,2,11-15H2,1H3;1H. The molecule has 2 aromatic carbocycles. The van der Waals surface area contributed by atoms with E-state index >= 15 is 0 Å². The number of halogens is 1. The molecule has 0 aliphatic heterocycles. The summed E-state index contributed by atoms with van der Waals surface area (Å²) in [6, 6.07) is 17.2. The van der Waals surface area contributed by atoms with Crippen LogP contribution in [0.15, 0.2) is 48.5 Å². The zero-order valence-corrected chi connectivity index (χ0v) is 15.5. The molecule has 3 heteroatoms. The molecule has 0 saturated heterocycles. The van der Waals surface area contributed by atoms with Crippen LogP contribution < -0.4 is 0 Å². The second kappa shape index (κ2) is 8.51. The lowest BCUT2D eigenvalue weighted by molar-refractivity contribution is 0.170. The number of fused-ring (bicyclic) bond motifs is 1. The van der Waals surface area contributed by atoms with Crippen molar-refractivity contribution in [2.75, 3.05) is 6.54 Å². The van der Waals surface area contributed by atoms with Crippen LogP contribution in [-0.4, -0.2) is 22.6 Å². The van der Waals surface area contributed by atoms with Gasteiger partial charge in [0.15, 0.2) is 0 Å². The van der Waals surface area contributed by atoms with E-state index < -0.39 is 0 Å². The average Bonchev–Trinajstić information content (AvgIpc) is 2.56. The number of rotatable bonds is 5. The van der Waals surface area contributed by atoms with Gasteiger partial charge in [0, 0.05) is 12.6 Å². The van der Waals surface area contributed by atoms with Gasteiger partial charge in [0.2, 0.25) is 0 Å². The molecule has 0 fully saturated rings. The Kier molecular flexibility index (Phi) is 6.67. The van der Waals surface area contributed by atoms with Gasteiger partial charge in [-0.05, 0) is 55.0 Å². The maximum Gasteiger partial charge on any atom is 0.119 e. The lowest BCUT2D eigenvalue weighted by atomic mass is 9.86. The maximum absolute atomic E-state index is 10.2. The highest BCUT2D eigenvalue weighted by molar-refractivity contribution is 8.93. The van der Waals surface area contributed by atoms with E-state index in [1.807, 2.05) is 12.1 Å². The summed E-state index contributed by atoms with van der Waals surface area (Å²) in [7, 11) is 0. The summed E-state index contributed by atoms with van der Waals surface area (Å²) in [5.74, 6) is 0.471. The molecule has 2 aromatic rings. The van der Waals surface area contributed by atoms with Gasteiger partial charge in [-0.15, -0.1) is 17.0 Å². The Balaban J connectivity index is 0.00000192. The van der Waals surface area contributed by atoms with E-state index in [1.54, 1.807) is 0 Å². The highest BCUT2D eigenvalue weighted by atomic mass is 79.9. The molecule has 1 aliphatic rings. The van der Waals surface area contributed by atoms with Gasteiger partial charge in [-0.2, -0.15) is 0 Å². The van der Waals surface area contributed by atoms with Crippen LogP contribution in [0.2, 0.25) is 0 Å². The van der Waals surface area contributed by atoms with Gasteiger partial charge in [0.25, 0.3) is 0 Å². The van der Waals surface area contributed by atoms with Crippen LogP contribution in [0.3, 0.4) is 0 Å². The van der Waals surface area contributed by atoms with Gasteiger partial charge in [-0.1, -0.05) is 49.4 Å². The first-order valence-corrected chi connectivity index (χ1v) is 8.35. The molecule has 1 atom stereocenters. The number of aryl methyl sites for hydroxylation is 1. The molecule has 1 unspecified atom stereocenters. The molecule has 0 aromatic heterocycles. The number of benzene rings is 2. The SMILES string of the molecule is Br.CCCN(Cc1ccccc1)C1CCc2cccc(O)c2C1. The van der Waals surface area contributed by atoms with Crippen molar-refractivity contribution >= 4 is 17.0 Å². The minimum atomic E-state index is 0. The fourth-order valence-corrected chi connectivity index (χ4v) is 3.56. The highest BCUT2D eigenvalue weighted by Gasteiger charge is 2.25. The fraction of sp³-hybridized carbons (Fsp3) is 0.400. The second-order valence-electron chi connectivity index (χ2n) is 6.27. The lowest BCUT2D eigenvalue weighted by Crippen LogP contribution is -2.39. The summed E-state index contributed by atoms with van der Waals surface area (Å²) in [6.07, 6.45) is 4.39. The Morgan fingerprint density at radius 2 is 1.87 bits per heavy atom. The van der Waals surface area contributed by atoms with E-state index in [2.05, 4.69) is 48.2 Å². The molecule has 0 amide bonds. The second-order valence-corrected chi connectivity index (χ2v) is 6.27. The summed E-state index contributed by atoms with van der Waals surface area (Å²) in [6.45, 7) is 4.36. The van der Waals surface area contributed by atoms with E-state index in [-0.39, 0.29) is 17.0 Å². The minimum Gasteiger partial charge on any atom is -0.508 e. The summed E-state index contributed by atoms with van der Waals surface area (Å²) >= 11 is 0. The highest BCUT2D eigenvalue weighted by Crippen LogP contribution is 2.31. The molecule has 3 rings (SSSR count). The smallest absolute Gasteiger partial charge is 0.119 e. The van der Waals surface area contributed by atoms with Crippen LogP contribution in [0, 0.1) is 0 Å². The van der Waals surface area contributed by atoms with E-state index in [0.717, 1.165) is 37.9 Å². The quantitative estimate of drug-likeness (QED) is 0.815. The van der Waals surface area contributed by atoms with Crippen LogP contribution >= 0.6 is 17.0 Å². The van der Waals surface area contributed by atoms with E-state index in [0.29, 0.717) is 11.8 Å². The third kappa shape index (κ3) is 4.36. The fourth-order valence-electron chi connectivity index (χ4n) is 3.56. The molecule has 1 aliphatic carbocycles. The number of phenolic OH excluding ortho intramolecular Hbond substituents is 1. The Bertz CT molecular complexity index is 614. The van der Waals surface area contributed by atoms with Crippen molar-refractivity contribution in [3.05, 3.63) is 65.2 Å². The normalized spacial score (nSPS) is 16.7. The number of phenols is 1. The zero-order chi connectivity index (χ0) is 15.4. The Morgan fingerprint density at radius 3 is 2.61 bits per heavy atom. The van der Waals surface area contributed by atoms with Crippen LogP contribution in [0.4, 0.5) is 0 Å². The van der Waals surface area contributed by atoms with Crippen LogP contribution in [0.5, 0.6) is 5.75 Å². The number of hydrogen-bond donors (Lipinski definition) is 1. The maximum atomic E-state index is 10.2. The first-order chi connectivity index (χ1) is 10.8. The molecule has 0 radical (unpaired) electrons. The minimum absolute atomic E-state index is 0. The molecular formula is C20H26BrNO. The predicted molar refractivity (Wildman–Crippen MR) is 101 cm³/mol. The molecule has 1 N–H and O–H groups in total. The van der Waals surface area contributed by atoms with Crippen molar-refractivity contribution < 1.29 is 5.11 Å². The van der Waals surface area contributed by atoms with Crippen molar-refractivity contribution in [3.63, 3.8) is 0 Å². The van der Waals surface area contributed by atoms with Crippen LogP contribution in [0.1, 0.15) is 36.5 Å². The van der Waals surface area contributed by atoms with Crippen LogP contribution in [0.25, 0.3) is 0 Å². The third-order valence-corrected chi connectivity index (χ3v) is 4.69. The monoisotopic (exact) mass is 375 g/mol. The Morgan fingerprint density at radius 1 is 1.09 bits per heavy atom. The average molecular weight is 376 g/mol. The Labute approximate surface area is 149 Å². The molecule has 0 heterocycles. The van der Waals surface area contributed by atoms with E-state index in [4.69, 9.17) is 0 Å². The third-order valence-electron chi connectivity index (χ3n) is 4.69. The molecule has 2 nitrogen and oxygen atoms in total. The van der Waals surface area contributed by atoms with E-state index in [9.17, 15) is 5.11 Å². The summed E-state index contributed by atoms with van der Waals surface area (Å²) < 4.78 is 0. The van der Waals surface area contributed by atoms with Crippen molar-refractivity contribution in [3.8, 4) is 5.75 Å². The first-order valence-electron chi connectivity index (χ1n) is 8.35. The largest absolute Gasteiger partial charge is 0.508 e. The van der Waals surface area contributed by atoms with Gasteiger partial charge in [0.1, 0.15) is 5.75 Å². The number of nitrogens with zero attached hydrogens (tertiary/aromatic N) is 1. The molecule has 124 valence electrons. The lowest BCUT2D eigenvalue weighted by Gasteiger charge is -2.35. The van der Waals surface area contributed by atoms with Gasteiger partial charge in [0.05, 0.1) is 0 Å². The van der Waals surface area contributed by atoms with Gasteiger partial charge in [-0.3, -0.25) is 4.90 Å². The summed E-state index contributed by atoms with van der Waals surface area (Å²) in [4.78, 5) is 2.59. The molecule has 23 heavy (non-hydrogen) atoms. The Hall–Kier alpha value is -1.32. The van der Waals surface area contributed by atoms with Crippen molar-refractivity contribution in [1.29, 1.82) is 0 Å². The van der Waals surface area contributed by atoms with Crippen molar-refractivity contribution in [2.45, 2.75) is 45.2 Å². The van der Waals surface area contributed by atoms with Gasteiger partial charge >= 0.3 is 0 Å². The molecule has 0 spiro atoms. The predicted octanol–water partition coefficient (Wildman–Crippen LogP) is 4.74. The van der Waals surface area contributed by atoms with Crippen molar-refractivity contribution in [1.82, 2.24) is 4.90 Å². The van der Waals surface area contributed by atoms with E-state index in [1.165, 1.54) is 17.5 Å². The van der Waals surface area contributed by atoms with Gasteiger partial charge in [-0.25, -0.2) is 0 Å². The topological polar surface area (TPSA) is 23.5 Å². The summed E-state index contributed by atoms with van der Waals surface area (Å²) in [5, 5.41) is 10.2. The first kappa shape index (κ1) is 18.0. The molecular weight excluding hydrogens is 350 g/mol. The zero-order valence-electron chi connectivity index (χ0n) is 13.7.